The number of nitrogens with two attached hydrogens (primary N) is 1. The zero-order valence-electron chi connectivity index (χ0n) is 12.7. The fourth-order valence-electron chi connectivity index (χ4n) is 2.66. The first-order chi connectivity index (χ1) is 11.1. The van der Waals surface area contributed by atoms with Crippen LogP contribution in [0, 0.1) is 0 Å². The van der Waals surface area contributed by atoms with Gasteiger partial charge in [-0.25, -0.2) is 9.31 Å². The lowest BCUT2D eigenvalue weighted by atomic mass is 10.2. The van der Waals surface area contributed by atoms with Crippen molar-refractivity contribution >= 4 is 23.3 Å². The van der Waals surface area contributed by atoms with Gasteiger partial charge in [0.2, 0.25) is 5.95 Å². The zero-order chi connectivity index (χ0) is 16.2. The largest absolute Gasteiger partial charge is 0.476 e. The molecule has 0 aliphatic carbocycles. The summed E-state index contributed by atoms with van der Waals surface area (Å²) >= 11 is 0. The molecule has 1 aliphatic heterocycles. The Morgan fingerprint density at radius 3 is 2.91 bits per heavy atom. The molecule has 0 spiro atoms. The van der Waals surface area contributed by atoms with E-state index in [9.17, 15) is 9.90 Å². The van der Waals surface area contributed by atoms with Crippen LogP contribution in [0.15, 0.2) is 12.1 Å². The SMILES string of the molecule is Nc1nc2ccc(NCCCN3CCOCC3)c(C(=O)O)n2n1. The zero-order valence-corrected chi connectivity index (χ0v) is 12.7. The molecule has 9 heteroatoms. The summed E-state index contributed by atoms with van der Waals surface area (Å²) in [4.78, 5) is 17.8. The van der Waals surface area contributed by atoms with Gasteiger partial charge >= 0.3 is 5.97 Å². The highest BCUT2D eigenvalue weighted by molar-refractivity contribution is 5.93. The third kappa shape index (κ3) is 3.51. The summed E-state index contributed by atoms with van der Waals surface area (Å²) in [6.45, 7) is 5.09. The number of carboxylic acids is 1. The number of aromatic nitrogens is 3. The van der Waals surface area contributed by atoms with Crippen molar-refractivity contribution in [2.45, 2.75) is 6.42 Å². The second kappa shape index (κ2) is 6.80. The number of nitrogens with one attached hydrogen (secondary N) is 1. The number of nitrogen functional groups attached to an aromatic ring is 1. The quantitative estimate of drug-likeness (QED) is 0.643. The number of hydrogen-bond donors (Lipinski definition) is 3. The molecule has 3 rings (SSSR count). The molecule has 4 N–H and O–H groups in total. The molecule has 0 radical (unpaired) electrons. The van der Waals surface area contributed by atoms with Gasteiger partial charge < -0.3 is 20.9 Å². The molecule has 2 aromatic heterocycles. The molecule has 0 bridgehead atoms. The molecule has 23 heavy (non-hydrogen) atoms. The highest BCUT2D eigenvalue weighted by Gasteiger charge is 2.17. The van der Waals surface area contributed by atoms with E-state index in [1.165, 1.54) is 4.52 Å². The van der Waals surface area contributed by atoms with Crippen molar-refractivity contribution in [2.75, 3.05) is 50.4 Å². The number of ether oxygens (including phenoxy) is 1. The van der Waals surface area contributed by atoms with Gasteiger partial charge in [-0.1, -0.05) is 0 Å². The molecule has 9 nitrogen and oxygen atoms in total. The number of anilines is 2. The third-order valence-electron chi connectivity index (χ3n) is 3.79. The maximum Gasteiger partial charge on any atom is 0.356 e. The van der Waals surface area contributed by atoms with Crippen molar-refractivity contribution in [1.29, 1.82) is 0 Å². The number of pyridine rings is 1. The molecule has 0 atom stereocenters. The van der Waals surface area contributed by atoms with Crippen molar-refractivity contribution in [3.05, 3.63) is 17.8 Å². The van der Waals surface area contributed by atoms with Crippen LogP contribution in [0.2, 0.25) is 0 Å². The molecular formula is C14H20N6O3. The maximum atomic E-state index is 11.5. The Labute approximate surface area is 133 Å². The summed E-state index contributed by atoms with van der Waals surface area (Å²) in [6, 6.07) is 3.39. The van der Waals surface area contributed by atoms with Gasteiger partial charge in [0.15, 0.2) is 11.3 Å². The Bertz CT molecular complexity index is 695. The van der Waals surface area contributed by atoms with Crippen LogP contribution in [0.25, 0.3) is 5.65 Å². The first kappa shape index (κ1) is 15.5. The van der Waals surface area contributed by atoms with E-state index in [-0.39, 0.29) is 11.6 Å². The number of fused-ring (bicyclic) bond motifs is 1. The second-order valence-electron chi connectivity index (χ2n) is 5.38. The molecule has 0 saturated carbocycles. The van der Waals surface area contributed by atoms with Crippen LogP contribution >= 0.6 is 0 Å². The molecule has 1 saturated heterocycles. The maximum absolute atomic E-state index is 11.5. The van der Waals surface area contributed by atoms with Gasteiger partial charge in [-0.05, 0) is 25.1 Å². The summed E-state index contributed by atoms with van der Waals surface area (Å²) in [5, 5.41) is 16.5. The first-order valence-electron chi connectivity index (χ1n) is 7.57. The lowest BCUT2D eigenvalue weighted by Crippen LogP contribution is -2.37. The molecule has 1 fully saturated rings. The predicted octanol–water partition coefficient (Wildman–Crippen LogP) is 0.144. The van der Waals surface area contributed by atoms with Gasteiger partial charge in [0.05, 0.1) is 18.9 Å². The fraction of sp³-hybridized carbons (Fsp3) is 0.500. The molecule has 0 aromatic carbocycles. The summed E-state index contributed by atoms with van der Waals surface area (Å²) in [6.07, 6.45) is 0.913. The van der Waals surface area contributed by atoms with E-state index in [1.807, 2.05) is 0 Å². The Balaban J connectivity index is 1.65. The van der Waals surface area contributed by atoms with E-state index in [1.54, 1.807) is 12.1 Å². The lowest BCUT2D eigenvalue weighted by molar-refractivity contribution is 0.0378. The summed E-state index contributed by atoms with van der Waals surface area (Å²) in [5.41, 5.74) is 6.51. The monoisotopic (exact) mass is 320 g/mol. The number of nitrogens with zero attached hydrogens (tertiary/aromatic N) is 4. The lowest BCUT2D eigenvalue weighted by Gasteiger charge is -2.26. The van der Waals surface area contributed by atoms with E-state index in [0.717, 1.165) is 39.3 Å². The summed E-state index contributed by atoms with van der Waals surface area (Å²) < 4.78 is 6.56. The smallest absolute Gasteiger partial charge is 0.356 e. The van der Waals surface area contributed by atoms with Crippen LogP contribution in [0.1, 0.15) is 16.9 Å². The number of aromatic carboxylic acids is 1. The Morgan fingerprint density at radius 1 is 1.39 bits per heavy atom. The highest BCUT2D eigenvalue weighted by atomic mass is 16.5. The topological polar surface area (TPSA) is 118 Å². The second-order valence-corrected chi connectivity index (χ2v) is 5.38. The summed E-state index contributed by atoms with van der Waals surface area (Å²) in [7, 11) is 0. The molecule has 0 unspecified atom stereocenters. The minimum atomic E-state index is -1.07. The van der Waals surface area contributed by atoms with E-state index in [2.05, 4.69) is 20.3 Å². The van der Waals surface area contributed by atoms with Crippen LogP contribution in [-0.4, -0.2) is 70.0 Å². The van der Waals surface area contributed by atoms with Crippen LogP contribution in [0.4, 0.5) is 11.6 Å². The van der Waals surface area contributed by atoms with Crippen molar-refractivity contribution in [3.63, 3.8) is 0 Å². The molecule has 3 heterocycles. The fourth-order valence-corrected chi connectivity index (χ4v) is 2.66. The highest BCUT2D eigenvalue weighted by Crippen LogP contribution is 2.18. The third-order valence-corrected chi connectivity index (χ3v) is 3.79. The molecule has 1 aliphatic rings. The average Bonchev–Trinajstić information content (AvgIpc) is 2.92. The van der Waals surface area contributed by atoms with Crippen molar-refractivity contribution in [3.8, 4) is 0 Å². The van der Waals surface area contributed by atoms with Crippen LogP contribution in [-0.2, 0) is 4.74 Å². The van der Waals surface area contributed by atoms with E-state index in [0.29, 0.717) is 17.9 Å². The van der Waals surface area contributed by atoms with Gasteiger partial charge in [0.1, 0.15) is 0 Å². The normalized spacial score (nSPS) is 15.8. The van der Waals surface area contributed by atoms with Crippen LogP contribution < -0.4 is 11.1 Å². The van der Waals surface area contributed by atoms with E-state index < -0.39 is 5.97 Å². The van der Waals surface area contributed by atoms with Gasteiger partial charge in [-0.2, -0.15) is 4.98 Å². The number of rotatable bonds is 6. The summed E-state index contributed by atoms with van der Waals surface area (Å²) in [5.74, 6) is -1.02. The minimum Gasteiger partial charge on any atom is -0.476 e. The van der Waals surface area contributed by atoms with Crippen LogP contribution in [0.3, 0.4) is 0 Å². The predicted molar refractivity (Wildman–Crippen MR) is 84.7 cm³/mol. The number of carbonyl (C=O) groups is 1. The Kier molecular flexibility index (Phi) is 4.58. The van der Waals surface area contributed by atoms with Crippen molar-refractivity contribution in [2.24, 2.45) is 0 Å². The van der Waals surface area contributed by atoms with Crippen LogP contribution in [0.5, 0.6) is 0 Å². The standard InChI is InChI=1S/C14H20N6O3/c15-14-17-11-3-2-10(12(13(21)22)20(11)18-14)16-4-1-5-19-6-8-23-9-7-19/h2-3,16H,1,4-9H2,(H2,15,18)(H,21,22). The number of hydrogen-bond acceptors (Lipinski definition) is 7. The van der Waals surface area contributed by atoms with Gasteiger partial charge in [0.25, 0.3) is 0 Å². The Hall–Kier alpha value is -2.39. The van der Waals surface area contributed by atoms with E-state index >= 15 is 0 Å². The number of carboxylic acid groups (broad SMARTS) is 1. The van der Waals surface area contributed by atoms with Gasteiger partial charge in [0, 0.05) is 19.6 Å². The van der Waals surface area contributed by atoms with E-state index in [4.69, 9.17) is 10.5 Å². The van der Waals surface area contributed by atoms with Gasteiger partial charge in [-0.15, -0.1) is 5.10 Å². The first-order valence-corrected chi connectivity index (χ1v) is 7.57. The Morgan fingerprint density at radius 2 is 2.17 bits per heavy atom. The molecular weight excluding hydrogens is 300 g/mol. The molecule has 0 amide bonds. The number of morpholine rings is 1. The van der Waals surface area contributed by atoms with Gasteiger partial charge in [-0.3, -0.25) is 4.90 Å². The minimum absolute atomic E-state index is 0.0399. The molecule has 2 aromatic rings. The molecule has 124 valence electrons. The average molecular weight is 320 g/mol. The van der Waals surface area contributed by atoms with Crippen molar-refractivity contribution in [1.82, 2.24) is 19.5 Å². The van der Waals surface area contributed by atoms with Crippen molar-refractivity contribution < 1.29 is 14.6 Å².